The third-order valence-corrected chi connectivity index (χ3v) is 2.52. The van der Waals surface area contributed by atoms with Gasteiger partial charge in [-0.05, 0) is 17.7 Å². The third-order valence-electron chi connectivity index (χ3n) is 2.52. The van der Waals surface area contributed by atoms with E-state index in [-0.39, 0.29) is 18.4 Å². The van der Waals surface area contributed by atoms with Crippen molar-refractivity contribution in [1.82, 2.24) is 5.32 Å². The minimum absolute atomic E-state index is 0.0419. The summed E-state index contributed by atoms with van der Waals surface area (Å²) < 4.78 is 5.04. The van der Waals surface area contributed by atoms with Crippen molar-refractivity contribution in [3.05, 3.63) is 29.8 Å². The average Bonchev–Trinajstić information content (AvgIpc) is 2.35. The number of aliphatic hydroxyl groups is 1. The SMILES string of the molecule is CNC(=O)CC(CO)c1ccc(OC)cc1. The Hall–Kier alpha value is -1.55. The molecule has 1 aromatic rings. The smallest absolute Gasteiger partial charge is 0.220 e. The van der Waals surface area contributed by atoms with Gasteiger partial charge < -0.3 is 15.2 Å². The van der Waals surface area contributed by atoms with Gasteiger partial charge in [0.05, 0.1) is 13.7 Å². The van der Waals surface area contributed by atoms with E-state index in [2.05, 4.69) is 5.32 Å². The molecule has 0 bridgehead atoms. The van der Waals surface area contributed by atoms with Gasteiger partial charge >= 0.3 is 0 Å². The van der Waals surface area contributed by atoms with Gasteiger partial charge in [0.25, 0.3) is 0 Å². The normalized spacial score (nSPS) is 11.9. The Bertz CT molecular complexity index is 335. The predicted octanol–water partition coefficient (Wildman–Crippen LogP) is 0.907. The van der Waals surface area contributed by atoms with E-state index in [1.807, 2.05) is 24.3 Å². The minimum atomic E-state index is -0.161. The van der Waals surface area contributed by atoms with Crippen molar-refractivity contribution < 1.29 is 14.6 Å². The van der Waals surface area contributed by atoms with Crippen molar-refractivity contribution in [2.75, 3.05) is 20.8 Å². The molecule has 4 heteroatoms. The zero-order valence-corrected chi connectivity index (χ0v) is 9.56. The highest BCUT2D eigenvalue weighted by molar-refractivity contribution is 5.76. The second-order valence-corrected chi connectivity index (χ2v) is 3.53. The molecule has 0 saturated carbocycles. The minimum Gasteiger partial charge on any atom is -0.497 e. The predicted molar refractivity (Wildman–Crippen MR) is 61.5 cm³/mol. The number of carbonyl (C=O) groups is 1. The topological polar surface area (TPSA) is 58.6 Å². The lowest BCUT2D eigenvalue weighted by atomic mass is 9.96. The lowest BCUT2D eigenvalue weighted by Crippen LogP contribution is -2.21. The van der Waals surface area contributed by atoms with Crippen LogP contribution in [0.15, 0.2) is 24.3 Å². The lowest BCUT2D eigenvalue weighted by molar-refractivity contribution is -0.121. The molecule has 0 saturated heterocycles. The molecule has 0 aromatic heterocycles. The molecule has 1 aromatic carbocycles. The molecule has 16 heavy (non-hydrogen) atoms. The van der Waals surface area contributed by atoms with Crippen molar-refractivity contribution in [1.29, 1.82) is 0 Å². The fourth-order valence-electron chi connectivity index (χ4n) is 1.49. The fourth-order valence-corrected chi connectivity index (χ4v) is 1.49. The summed E-state index contributed by atoms with van der Waals surface area (Å²) in [5, 5.41) is 11.8. The maximum Gasteiger partial charge on any atom is 0.220 e. The van der Waals surface area contributed by atoms with Gasteiger partial charge in [-0.3, -0.25) is 4.79 Å². The molecule has 1 atom stereocenters. The Morgan fingerprint density at radius 1 is 1.44 bits per heavy atom. The third kappa shape index (κ3) is 3.24. The molecular formula is C12H17NO3. The summed E-state index contributed by atoms with van der Waals surface area (Å²) >= 11 is 0. The summed E-state index contributed by atoms with van der Waals surface area (Å²) in [6, 6.07) is 7.37. The van der Waals surface area contributed by atoms with Gasteiger partial charge in [-0.1, -0.05) is 12.1 Å². The Labute approximate surface area is 95.2 Å². The number of rotatable bonds is 5. The van der Waals surface area contributed by atoms with Crippen LogP contribution in [-0.2, 0) is 4.79 Å². The quantitative estimate of drug-likeness (QED) is 0.780. The van der Waals surface area contributed by atoms with Crippen molar-refractivity contribution in [3.8, 4) is 5.75 Å². The summed E-state index contributed by atoms with van der Waals surface area (Å²) in [5.74, 6) is 0.529. The monoisotopic (exact) mass is 223 g/mol. The highest BCUT2D eigenvalue weighted by Gasteiger charge is 2.14. The number of aliphatic hydroxyl groups excluding tert-OH is 1. The van der Waals surface area contributed by atoms with Gasteiger partial charge in [0.15, 0.2) is 0 Å². The van der Waals surface area contributed by atoms with Gasteiger partial charge in [-0.2, -0.15) is 0 Å². The van der Waals surface area contributed by atoms with E-state index in [1.54, 1.807) is 14.2 Å². The molecule has 0 fully saturated rings. The first-order valence-electron chi connectivity index (χ1n) is 5.16. The molecule has 88 valence electrons. The van der Waals surface area contributed by atoms with E-state index >= 15 is 0 Å². The molecule has 4 nitrogen and oxygen atoms in total. The molecule has 0 aliphatic heterocycles. The first kappa shape index (κ1) is 12.5. The standard InChI is InChI=1S/C12H17NO3/c1-13-12(15)7-10(8-14)9-3-5-11(16-2)6-4-9/h3-6,10,14H,7-8H2,1-2H3,(H,13,15). The van der Waals surface area contributed by atoms with Crippen molar-refractivity contribution >= 4 is 5.91 Å². The molecular weight excluding hydrogens is 206 g/mol. The molecule has 1 amide bonds. The zero-order chi connectivity index (χ0) is 12.0. The summed E-state index contributed by atoms with van der Waals surface area (Å²) in [7, 11) is 3.19. The van der Waals surface area contributed by atoms with E-state index < -0.39 is 0 Å². The van der Waals surface area contributed by atoms with Gasteiger partial charge in [0, 0.05) is 19.4 Å². The maximum atomic E-state index is 11.2. The molecule has 0 heterocycles. The van der Waals surface area contributed by atoms with Crippen molar-refractivity contribution in [2.24, 2.45) is 0 Å². The average molecular weight is 223 g/mol. The zero-order valence-electron chi connectivity index (χ0n) is 9.56. The first-order chi connectivity index (χ1) is 7.71. The Morgan fingerprint density at radius 2 is 2.06 bits per heavy atom. The summed E-state index contributed by atoms with van der Waals surface area (Å²) in [4.78, 5) is 11.2. The van der Waals surface area contributed by atoms with E-state index in [4.69, 9.17) is 4.74 Å². The van der Waals surface area contributed by atoms with Crippen LogP contribution in [0.5, 0.6) is 5.75 Å². The number of hydrogen-bond donors (Lipinski definition) is 2. The number of hydrogen-bond acceptors (Lipinski definition) is 3. The van der Waals surface area contributed by atoms with Crippen molar-refractivity contribution in [3.63, 3.8) is 0 Å². The van der Waals surface area contributed by atoms with Crippen LogP contribution in [0.4, 0.5) is 0 Å². The van der Waals surface area contributed by atoms with E-state index in [0.717, 1.165) is 11.3 Å². The van der Waals surface area contributed by atoms with Crippen LogP contribution in [0.1, 0.15) is 17.9 Å². The Kier molecular flexibility index (Phi) is 4.79. The second-order valence-electron chi connectivity index (χ2n) is 3.53. The van der Waals surface area contributed by atoms with E-state index in [9.17, 15) is 9.90 Å². The Balaban J connectivity index is 2.74. The van der Waals surface area contributed by atoms with Gasteiger partial charge in [-0.15, -0.1) is 0 Å². The van der Waals surface area contributed by atoms with Crippen molar-refractivity contribution in [2.45, 2.75) is 12.3 Å². The lowest BCUT2D eigenvalue weighted by Gasteiger charge is -2.13. The molecule has 0 aliphatic rings. The maximum absolute atomic E-state index is 11.2. The molecule has 2 N–H and O–H groups in total. The first-order valence-corrected chi connectivity index (χ1v) is 5.16. The molecule has 0 spiro atoms. The number of benzene rings is 1. The molecule has 1 rings (SSSR count). The van der Waals surface area contributed by atoms with Crippen LogP contribution < -0.4 is 10.1 Å². The Morgan fingerprint density at radius 3 is 2.50 bits per heavy atom. The van der Waals surface area contributed by atoms with Gasteiger partial charge in [0.1, 0.15) is 5.75 Å². The van der Waals surface area contributed by atoms with Crippen LogP contribution in [0, 0.1) is 0 Å². The molecule has 1 unspecified atom stereocenters. The fraction of sp³-hybridized carbons (Fsp3) is 0.417. The number of amides is 1. The highest BCUT2D eigenvalue weighted by Crippen LogP contribution is 2.21. The van der Waals surface area contributed by atoms with Crippen LogP contribution in [-0.4, -0.2) is 31.8 Å². The van der Waals surface area contributed by atoms with Crippen LogP contribution >= 0.6 is 0 Å². The highest BCUT2D eigenvalue weighted by atomic mass is 16.5. The number of carbonyl (C=O) groups excluding carboxylic acids is 1. The number of methoxy groups -OCH3 is 1. The summed E-state index contributed by atoms with van der Waals surface area (Å²) in [6.45, 7) is -0.0419. The van der Waals surface area contributed by atoms with Crippen LogP contribution in [0.25, 0.3) is 0 Å². The molecule has 0 aliphatic carbocycles. The second kappa shape index (κ2) is 6.12. The number of nitrogens with one attached hydrogen (secondary N) is 1. The van der Waals surface area contributed by atoms with Gasteiger partial charge in [0.2, 0.25) is 5.91 Å². The largest absolute Gasteiger partial charge is 0.497 e. The van der Waals surface area contributed by atoms with Crippen LogP contribution in [0.2, 0.25) is 0 Å². The summed E-state index contributed by atoms with van der Waals surface area (Å²) in [6.07, 6.45) is 0.291. The van der Waals surface area contributed by atoms with Crippen LogP contribution in [0.3, 0.4) is 0 Å². The summed E-state index contributed by atoms with van der Waals surface area (Å²) in [5.41, 5.74) is 0.937. The van der Waals surface area contributed by atoms with E-state index in [1.165, 1.54) is 0 Å². The molecule has 0 radical (unpaired) electrons. The number of ether oxygens (including phenoxy) is 1. The van der Waals surface area contributed by atoms with Gasteiger partial charge in [-0.25, -0.2) is 0 Å². The van der Waals surface area contributed by atoms with E-state index in [0.29, 0.717) is 6.42 Å².